The number of rotatable bonds is 27. The number of carbonyl (C=O) groups excluding carboxylic acids is 6. The fourth-order valence-corrected chi connectivity index (χ4v) is 40.7. The van der Waals surface area contributed by atoms with E-state index in [1.54, 1.807) is 72.9 Å². The molecule has 432 valence electrons. The molecule has 0 aliphatic rings. The van der Waals surface area contributed by atoms with Crippen LogP contribution in [-0.4, -0.2) is 101 Å². The summed E-state index contributed by atoms with van der Waals surface area (Å²) in [5.74, 6) is -1.72. The van der Waals surface area contributed by atoms with E-state index in [0.717, 1.165) is 29.4 Å². The predicted octanol–water partition coefficient (Wildman–Crippen LogP) is 5.81. The molecule has 7 aromatic carbocycles. The summed E-state index contributed by atoms with van der Waals surface area (Å²) in [4.78, 5) is 80.7. The monoisotopic (exact) mass is 1730 g/mol. The zero-order valence-electron chi connectivity index (χ0n) is 47.5. The van der Waals surface area contributed by atoms with Crippen LogP contribution in [0.5, 0.6) is 0 Å². The van der Waals surface area contributed by atoms with E-state index in [9.17, 15) is 28.8 Å². The van der Waals surface area contributed by atoms with E-state index in [1.165, 1.54) is 37.2 Å². The summed E-state index contributed by atoms with van der Waals surface area (Å²) in [7, 11) is 0. The molecule has 0 saturated carbocycles. The Hall–Kier alpha value is -9.11. The SMILES string of the molecule is C=CC=CNC(=O)c1cc[c]([Bi]([c]2ccc(C(=O)NC=CC=C)cc2)[c]2c[c]([Bi]([c]3ccc(C(=O)NC=CC=C)cc3)[c]3ccc(C(=O)NC=CC=C)cc3)c[c]([Bi]([c]3ccc(C(=O)NC=CC=C)cc3)[c]3ccc(C(=O)NC=CC=C)cc3)c2)cc1. The molecule has 0 saturated heterocycles. The standard InChI is InChI=1S/6C11H10NO.C6H3.3Bi/c6*1-2-3-9-12-11(13)10-7-5-4-6-8-10;1-2-4-6-5-3-1;;;/h6*2-3,5-9H,1H2,(H,12,13);1,4-5H;;;. The normalized spacial score (nSPS) is 11.3. The van der Waals surface area contributed by atoms with Gasteiger partial charge in [-0.15, -0.1) is 0 Å². The Labute approximate surface area is 532 Å². The van der Waals surface area contributed by atoms with Gasteiger partial charge in [0.2, 0.25) is 0 Å². The Morgan fingerprint density at radius 1 is 0.230 bits per heavy atom. The summed E-state index contributed by atoms with van der Waals surface area (Å²) in [6.45, 7) is 22.2. The van der Waals surface area contributed by atoms with Crippen molar-refractivity contribution in [1.29, 1.82) is 0 Å². The average molecular weight is 1740 g/mol. The van der Waals surface area contributed by atoms with Crippen molar-refractivity contribution in [2.24, 2.45) is 0 Å². The second-order valence-corrected chi connectivity index (χ2v) is 44.3. The number of benzene rings is 7. The summed E-state index contributed by atoms with van der Waals surface area (Å²) in [6.07, 6.45) is 28.5. The molecule has 0 aliphatic carbocycles. The van der Waals surface area contributed by atoms with Crippen molar-refractivity contribution in [1.82, 2.24) is 31.9 Å². The number of hydrogen-bond donors (Lipinski definition) is 6. The number of carbonyl (C=O) groups is 6. The van der Waals surface area contributed by atoms with Crippen LogP contribution in [0.4, 0.5) is 0 Å². The van der Waals surface area contributed by atoms with Crippen LogP contribution in [0, 0.1) is 0 Å². The van der Waals surface area contributed by atoms with Gasteiger partial charge in [0.05, 0.1) is 0 Å². The van der Waals surface area contributed by atoms with Crippen LogP contribution in [0.3, 0.4) is 0 Å². The first kappa shape index (κ1) is 65.4. The van der Waals surface area contributed by atoms with E-state index in [-0.39, 0.29) is 35.4 Å². The van der Waals surface area contributed by atoms with Crippen molar-refractivity contribution in [2.45, 2.75) is 0 Å². The van der Waals surface area contributed by atoms with Crippen LogP contribution in [0.1, 0.15) is 62.1 Å². The van der Waals surface area contributed by atoms with Crippen molar-refractivity contribution < 1.29 is 28.8 Å². The van der Waals surface area contributed by atoms with Gasteiger partial charge in [0.15, 0.2) is 0 Å². The van der Waals surface area contributed by atoms with E-state index < -0.39 is 65.3 Å². The van der Waals surface area contributed by atoms with Crippen molar-refractivity contribution >= 4 is 130 Å². The first-order valence-corrected chi connectivity index (χ1v) is 42.7. The van der Waals surface area contributed by atoms with Crippen molar-refractivity contribution in [3.63, 3.8) is 0 Å². The van der Waals surface area contributed by atoms with Crippen LogP contribution < -0.4 is 61.3 Å². The Morgan fingerprint density at radius 2 is 0.368 bits per heavy atom. The summed E-state index contributed by atoms with van der Waals surface area (Å²) in [6, 6.07) is 53.4. The molecular weight excluding hydrogens is 1670 g/mol. The minimum atomic E-state index is -3.65. The number of allylic oxidation sites excluding steroid dienone is 12. The Morgan fingerprint density at radius 3 is 0.494 bits per heavy atom. The number of amides is 6. The molecule has 0 atom stereocenters. The van der Waals surface area contributed by atoms with Crippen LogP contribution in [0.25, 0.3) is 0 Å². The molecule has 0 radical (unpaired) electrons. The predicted molar refractivity (Wildman–Crippen MR) is 360 cm³/mol. The molecule has 0 unspecified atom stereocenters. The van der Waals surface area contributed by atoms with Gasteiger partial charge in [0.1, 0.15) is 0 Å². The van der Waals surface area contributed by atoms with Crippen molar-refractivity contribution in [3.8, 4) is 0 Å². The van der Waals surface area contributed by atoms with E-state index in [4.69, 9.17) is 0 Å². The van der Waals surface area contributed by atoms with Crippen LogP contribution in [0.15, 0.2) is 313 Å². The summed E-state index contributed by atoms with van der Waals surface area (Å²) in [5.41, 5.74) is 2.77. The van der Waals surface area contributed by atoms with Gasteiger partial charge in [-0.1, -0.05) is 0 Å². The number of nitrogens with one attached hydrogen (secondary N) is 6. The van der Waals surface area contributed by atoms with Gasteiger partial charge in [0.25, 0.3) is 0 Å². The maximum absolute atomic E-state index is 13.5. The molecule has 12 nitrogen and oxygen atoms in total. The van der Waals surface area contributed by atoms with E-state index in [1.807, 2.05) is 146 Å². The molecular formula is C72H63Bi3N6O6. The first-order chi connectivity index (χ1) is 42.4. The van der Waals surface area contributed by atoms with Gasteiger partial charge in [-0.05, 0) is 0 Å². The first-order valence-electron chi connectivity index (χ1n) is 27.1. The third-order valence-corrected chi connectivity index (χ3v) is 40.7. The average Bonchev–Trinajstić information content (AvgIpc) is 1.27. The van der Waals surface area contributed by atoms with Crippen molar-refractivity contribution in [2.75, 3.05) is 0 Å². The van der Waals surface area contributed by atoms with Gasteiger partial charge >= 0.3 is 538 Å². The number of hydrogen-bond acceptors (Lipinski definition) is 6. The Balaban J connectivity index is 1.55. The van der Waals surface area contributed by atoms with Gasteiger partial charge in [-0.2, -0.15) is 0 Å². The topological polar surface area (TPSA) is 175 Å². The Bertz CT molecular complexity index is 3220. The second-order valence-electron chi connectivity index (χ2n) is 18.4. The zero-order valence-corrected chi connectivity index (χ0v) is 57.9. The Kier molecular flexibility index (Phi) is 25.7. The molecule has 0 aliphatic heterocycles. The molecule has 15 heteroatoms. The molecule has 6 amide bonds. The van der Waals surface area contributed by atoms with Gasteiger partial charge in [0, 0.05) is 0 Å². The third kappa shape index (κ3) is 18.4. The van der Waals surface area contributed by atoms with E-state index in [2.05, 4.69) is 89.6 Å². The summed E-state index contributed by atoms with van der Waals surface area (Å²) in [5, 5.41) is 16.9. The fraction of sp³-hybridized carbons (Fsp3) is 0. The van der Waals surface area contributed by atoms with E-state index in [0.29, 0.717) is 33.4 Å². The summed E-state index contributed by atoms with van der Waals surface area (Å²) >= 11 is -10.9. The molecule has 87 heavy (non-hydrogen) atoms. The summed E-state index contributed by atoms with van der Waals surface area (Å²) < 4.78 is 9.65. The molecule has 0 spiro atoms. The molecule has 0 fully saturated rings. The van der Waals surface area contributed by atoms with Crippen molar-refractivity contribution in [3.05, 3.63) is 347 Å². The minimum absolute atomic E-state index is 0.286. The molecule has 0 aromatic heterocycles. The van der Waals surface area contributed by atoms with Crippen LogP contribution >= 0.6 is 0 Å². The van der Waals surface area contributed by atoms with Gasteiger partial charge in [-0.3, -0.25) is 0 Å². The van der Waals surface area contributed by atoms with E-state index >= 15 is 0 Å². The van der Waals surface area contributed by atoms with Gasteiger partial charge < -0.3 is 0 Å². The molecule has 6 N–H and O–H groups in total. The maximum atomic E-state index is 13.5. The zero-order chi connectivity index (χ0) is 61.9. The third-order valence-electron chi connectivity index (χ3n) is 12.7. The fourth-order valence-electron chi connectivity index (χ4n) is 8.53. The molecule has 0 heterocycles. The van der Waals surface area contributed by atoms with Gasteiger partial charge in [-0.25, -0.2) is 0 Å². The second kappa shape index (κ2) is 34.1. The molecule has 0 bridgehead atoms. The quantitative estimate of drug-likeness (QED) is 0.0280. The van der Waals surface area contributed by atoms with Crippen LogP contribution in [0.2, 0.25) is 0 Å². The van der Waals surface area contributed by atoms with Crippen LogP contribution in [-0.2, 0) is 0 Å². The molecule has 7 rings (SSSR count). The molecule has 7 aromatic rings.